The summed E-state index contributed by atoms with van der Waals surface area (Å²) in [5.74, 6) is 3.07. The second kappa shape index (κ2) is 12.0. The smallest absolute Gasteiger partial charge is 0.266 e. The highest BCUT2D eigenvalue weighted by Gasteiger charge is 2.14. The van der Waals surface area contributed by atoms with Gasteiger partial charge in [-0.2, -0.15) is 5.26 Å². The molecule has 0 aromatic heterocycles. The number of carbonyl (C=O) groups is 1. The number of carbonyl (C=O) groups excluding carboxylic acids is 1. The Balaban J connectivity index is 1.69. The van der Waals surface area contributed by atoms with Crippen molar-refractivity contribution >= 4 is 29.3 Å². The lowest BCUT2D eigenvalue weighted by Crippen LogP contribution is -2.13. The Labute approximate surface area is 203 Å². The first-order valence-corrected chi connectivity index (χ1v) is 10.6. The molecule has 1 N–H and O–H groups in total. The first-order chi connectivity index (χ1) is 16.5. The molecule has 0 aliphatic rings. The van der Waals surface area contributed by atoms with Gasteiger partial charge in [-0.1, -0.05) is 47.9 Å². The molecule has 0 aliphatic heterocycles. The zero-order chi connectivity index (χ0) is 24.3. The summed E-state index contributed by atoms with van der Waals surface area (Å²) in [6, 6.07) is 21.7. The summed E-state index contributed by atoms with van der Waals surface area (Å²) in [5.41, 5.74) is 1.95. The number of amides is 1. The number of rotatable bonds is 9. The molecule has 0 atom stereocenters. The number of nitriles is 1. The second-order valence-corrected chi connectivity index (χ2v) is 7.36. The van der Waals surface area contributed by atoms with E-state index in [0.717, 1.165) is 5.56 Å². The molecule has 1 amide bonds. The van der Waals surface area contributed by atoms with Crippen LogP contribution in [-0.4, -0.2) is 19.6 Å². The van der Waals surface area contributed by atoms with Gasteiger partial charge >= 0.3 is 0 Å². The van der Waals surface area contributed by atoms with Crippen LogP contribution in [-0.2, 0) is 11.4 Å². The molecule has 3 rings (SSSR count). The van der Waals surface area contributed by atoms with Crippen LogP contribution in [0, 0.1) is 23.7 Å². The first kappa shape index (κ1) is 24.3. The molecule has 6 nitrogen and oxygen atoms in total. The number of hydrogen-bond donors (Lipinski definition) is 1. The average molecular weight is 473 g/mol. The number of terminal acetylenes is 1. The average Bonchev–Trinajstić information content (AvgIpc) is 2.86. The van der Waals surface area contributed by atoms with Gasteiger partial charge in [0.2, 0.25) is 0 Å². The largest absolute Gasteiger partial charge is 0.493 e. The lowest BCUT2D eigenvalue weighted by molar-refractivity contribution is -0.112. The highest BCUT2D eigenvalue weighted by molar-refractivity contribution is 6.32. The van der Waals surface area contributed by atoms with Crippen molar-refractivity contribution in [3.63, 3.8) is 0 Å². The van der Waals surface area contributed by atoms with Crippen LogP contribution in [0.25, 0.3) is 6.08 Å². The zero-order valence-electron chi connectivity index (χ0n) is 18.4. The number of anilines is 1. The van der Waals surface area contributed by atoms with Crippen molar-refractivity contribution in [2.24, 2.45) is 0 Å². The van der Waals surface area contributed by atoms with Crippen molar-refractivity contribution in [2.45, 2.75) is 6.61 Å². The van der Waals surface area contributed by atoms with Crippen LogP contribution in [0.3, 0.4) is 0 Å². The number of methoxy groups -OCH3 is 1. The second-order valence-electron chi connectivity index (χ2n) is 6.95. The van der Waals surface area contributed by atoms with Crippen molar-refractivity contribution in [3.8, 4) is 35.7 Å². The van der Waals surface area contributed by atoms with Gasteiger partial charge in [-0.15, -0.1) is 6.42 Å². The standard InChI is InChI=1S/C27H21ClN2O4/c1-3-13-33-26-24(28)15-20(16-25(26)32-2)14-21(17-29)27(31)30-22-9-11-23(12-10-22)34-18-19-7-5-4-6-8-19/h1,4-12,14-16H,13,18H2,2H3,(H,30,31)/b21-14+. The highest BCUT2D eigenvalue weighted by Crippen LogP contribution is 2.37. The lowest BCUT2D eigenvalue weighted by Gasteiger charge is -2.12. The van der Waals surface area contributed by atoms with Gasteiger partial charge in [0.1, 0.15) is 30.6 Å². The Kier molecular flexibility index (Phi) is 8.57. The molecule has 0 spiro atoms. The van der Waals surface area contributed by atoms with Crippen LogP contribution in [0.15, 0.2) is 72.3 Å². The third-order valence-corrected chi connectivity index (χ3v) is 4.87. The minimum absolute atomic E-state index is 0.0210. The van der Waals surface area contributed by atoms with E-state index in [1.807, 2.05) is 36.4 Å². The Morgan fingerprint density at radius 3 is 2.50 bits per heavy atom. The molecule has 7 heteroatoms. The predicted octanol–water partition coefficient (Wildman–Crippen LogP) is 5.49. The van der Waals surface area contributed by atoms with E-state index < -0.39 is 5.91 Å². The summed E-state index contributed by atoms with van der Waals surface area (Å²) >= 11 is 6.27. The first-order valence-electron chi connectivity index (χ1n) is 10.2. The normalized spacial score (nSPS) is 10.5. The summed E-state index contributed by atoms with van der Waals surface area (Å²) in [4.78, 5) is 12.6. The van der Waals surface area contributed by atoms with E-state index in [4.69, 9.17) is 32.2 Å². The molecular formula is C27H21ClN2O4. The molecule has 0 heterocycles. The molecule has 170 valence electrons. The van der Waals surface area contributed by atoms with E-state index in [0.29, 0.717) is 29.4 Å². The Morgan fingerprint density at radius 1 is 1.12 bits per heavy atom. The molecule has 3 aromatic carbocycles. The fourth-order valence-electron chi connectivity index (χ4n) is 2.97. The van der Waals surface area contributed by atoms with Crippen LogP contribution < -0.4 is 19.5 Å². The summed E-state index contributed by atoms with van der Waals surface area (Å²) in [6.45, 7) is 0.458. The highest BCUT2D eigenvalue weighted by atomic mass is 35.5. The maximum Gasteiger partial charge on any atom is 0.266 e. The Hall–Kier alpha value is -4.39. The van der Waals surface area contributed by atoms with Crippen LogP contribution in [0.5, 0.6) is 17.2 Å². The zero-order valence-corrected chi connectivity index (χ0v) is 19.1. The topological polar surface area (TPSA) is 80.6 Å². The maximum absolute atomic E-state index is 12.6. The van der Waals surface area contributed by atoms with Crippen LogP contribution >= 0.6 is 11.6 Å². The molecule has 0 saturated carbocycles. The summed E-state index contributed by atoms with van der Waals surface area (Å²) in [5, 5.41) is 12.5. The Morgan fingerprint density at radius 2 is 1.85 bits per heavy atom. The number of hydrogen-bond acceptors (Lipinski definition) is 5. The SMILES string of the molecule is C#CCOc1c(Cl)cc(/C=C(\C#N)C(=O)Nc2ccc(OCc3ccccc3)cc2)cc1OC. The number of halogens is 1. The minimum atomic E-state index is -0.566. The Bertz CT molecular complexity index is 1260. The van der Waals surface area contributed by atoms with Gasteiger partial charge in [-0.3, -0.25) is 4.79 Å². The predicted molar refractivity (Wildman–Crippen MR) is 132 cm³/mol. The van der Waals surface area contributed by atoms with Crippen molar-refractivity contribution in [1.29, 1.82) is 5.26 Å². The fourth-order valence-corrected chi connectivity index (χ4v) is 3.24. The van der Waals surface area contributed by atoms with Crippen molar-refractivity contribution < 1.29 is 19.0 Å². The van der Waals surface area contributed by atoms with Crippen LogP contribution in [0.1, 0.15) is 11.1 Å². The molecule has 0 fully saturated rings. The van der Waals surface area contributed by atoms with Gasteiger partial charge in [0.05, 0.1) is 12.1 Å². The summed E-state index contributed by atoms with van der Waals surface area (Å²) in [7, 11) is 1.45. The molecule has 0 bridgehead atoms. The molecule has 3 aromatic rings. The van der Waals surface area contributed by atoms with Gasteiger partial charge in [0, 0.05) is 5.69 Å². The maximum atomic E-state index is 12.6. The molecule has 34 heavy (non-hydrogen) atoms. The van der Waals surface area contributed by atoms with E-state index in [-0.39, 0.29) is 23.0 Å². The van der Waals surface area contributed by atoms with Crippen molar-refractivity contribution in [3.05, 3.63) is 88.5 Å². The molecular weight excluding hydrogens is 452 g/mol. The summed E-state index contributed by atoms with van der Waals surface area (Å²) in [6.07, 6.45) is 6.63. The van der Waals surface area contributed by atoms with E-state index in [1.54, 1.807) is 36.4 Å². The third-order valence-electron chi connectivity index (χ3n) is 4.59. The quantitative estimate of drug-likeness (QED) is 0.253. The van der Waals surface area contributed by atoms with E-state index >= 15 is 0 Å². The lowest BCUT2D eigenvalue weighted by atomic mass is 10.1. The van der Waals surface area contributed by atoms with Gasteiger partial charge in [0.15, 0.2) is 11.5 Å². The van der Waals surface area contributed by atoms with Crippen LogP contribution in [0.2, 0.25) is 5.02 Å². The van der Waals surface area contributed by atoms with Crippen molar-refractivity contribution in [2.75, 3.05) is 19.0 Å². The number of nitrogens with one attached hydrogen (secondary N) is 1. The molecule has 0 unspecified atom stereocenters. The van der Waals surface area contributed by atoms with Gasteiger partial charge < -0.3 is 19.5 Å². The van der Waals surface area contributed by atoms with E-state index in [1.165, 1.54) is 13.2 Å². The molecule has 0 saturated heterocycles. The third kappa shape index (κ3) is 6.56. The van der Waals surface area contributed by atoms with Gasteiger partial charge in [0.25, 0.3) is 5.91 Å². The monoisotopic (exact) mass is 472 g/mol. The van der Waals surface area contributed by atoms with Crippen LogP contribution in [0.4, 0.5) is 5.69 Å². The molecule has 0 radical (unpaired) electrons. The van der Waals surface area contributed by atoms with E-state index in [9.17, 15) is 10.1 Å². The van der Waals surface area contributed by atoms with Gasteiger partial charge in [-0.25, -0.2) is 0 Å². The number of ether oxygens (including phenoxy) is 3. The number of nitrogens with zero attached hydrogens (tertiary/aromatic N) is 1. The fraction of sp³-hybridized carbons (Fsp3) is 0.111. The van der Waals surface area contributed by atoms with Gasteiger partial charge in [-0.05, 0) is 53.6 Å². The van der Waals surface area contributed by atoms with E-state index in [2.05, 4.69) is 11.2 Å². The number of benzene rings is 3. The van der Waals surface area contributed by atoms with Crippen molar-refractivity contribution in [1.82, 2.24) is 0 Å². The minimum Gasteiger partial charge on any atom is -0.493 e. The molecule has 0 aliphatic carbocycles. The summed E-state index contributed by atoms with van der Waals surface area (Å²) < 4.78 is 16.4.